The summed E-state index contributed by atoms with van der Waals surface area (Å²) in [7, 11) is -3.19. The molecule has 0 aliphatic carbocycles. The molecule has 0 N–H and O–H groups in total. The molecule has 2 bridgehead atoms. The molecular formula is C6H10NO4P. The summed E-state index contributed by atoms with van der Waals surface area (Å²) in [6.45, 7) is 2.64. The van der Waals surface area contributed by atoms with Crippen LogP contribution < -0.4 is 0 Å². The van der Waals surface area contributed by atoms with Crippen LogP contribution in [0.4, 0.5) is 0 Å². The van der Waals surface area contributed by atoms with E-state index in [1.807, 2.05) is 6.92 Å². The van der Waals surface area contributed by atoms with Crippen molar-refractivity contribution in [3.05, 3.63) is 0 Å². The van der Waals surface area contributed by atoms with Crippen LogP contribution in [0.25, 0.3) is 0 Å². The van der Waals surface area contributed by atoms with Crippen molar-refractivity contribution in [3.8, 4) is 0 Å². The van der Waals surface area contributed by atoms with Gasteiger partial charge in [-0.1, -0.05) is 0 Å². The lowest BCUT2D eigenvalue weighted by Gasteiger charge is -2.39. The fourth-order valence-corrected chi connectivity index (χ4v) is 3.88. The van der Waals surface area contributed by atoms with Gasteiger partial charge in [-0.25, -0.2) is 4.57 Å². The first-order valence-corrected chi connectivity index (χ1v) is 5.55. The van der Waals surface area contributed by atoms with Gasteiger partial charge in [-0.15, -0.1) is 5.06 Å². The Bertz CT molecular complexity index is 263. The molecule has 3 aliphatic heterocycles. The first kappa shape index (κ1) is 7.47. The molecule has 0 amide bonds. The summed E-state index contributed by atoms with van der Waals surface area (Å²) < 4.78 is 27.0. The fraction of sp³-hybridized carbons (Fsp3) is 1.00. The number of fused-ring (bicyclic) bond motifs is 1. The lowest BCUT2D eigenvalue weighted by Crippen LogP contribution is -2.54. The number of hydroxylamine groups is 2. The van der Waals surface area contributed by atoms with Crippen molar-refractivity contribution < 1.29 is 18.2 Å². The Kier molecular flexibility index (Phi) is 1.21. The summed E-state index contributed by atoms with van der Waals surface area (Å²) in [4.78, 5) is 0. The van der Waals surface area contributed by atoms with Crippen LogP contribution in [-0.2, 0) is 18.2 Å². The molecule has 3 fully saturated rings. The Morgan fingerprint density at radius 1 is 1.67 bits per heavy atom. The lowest BCUT2D eigenvalue weighted by molar-refractivity contribution is -0.227. The van der Waals surface area contributed by atoms with E-state index in [1.54, 1.807) is 5.06 Å². The van der Waals surface area contributed by atoms with Crippen molar-refractivity contribution in [3.63, 3.8) is 0 Å². The topological polar surface area (TPSA) is 48.0 Å². The number of hydrogen-bond acceptors (Lipinski definition) is 5. The Hall–Kier alpha value is 0.0700. The molecule has 3 atom stereocenters. The molecule has 0 spiro atoms. The largest absolute Gasteiger partial charge is 0.494 e. The molecule has 0 aromatic carbocycles. The molecule has 3 aliphatic rings. The van der Waals surface area contributed by atoms with Crippen molar-refractivity contribution in [2.24, 2.45) is 0 Å². The zero-order chi connectivity index (χ0) is 8.40. The van der Waals surface area contributed by atoms with Gasteiger partial charge in [0.1, 0.15) is 6.10 Å². The monoisotopic (exact) mass is 191 g/mol. The highest BCUT2D eigenvalue weighted by Crippen LogP contribution is 2.70. The Balaban J connectivity index is 2.07. The van der Waals surface area contributed by atoms with Gasteiger partial charge in [0.05, 0.1) is 0 Å². The van der Waals surface area contributed by atoms with Gasteiger partial charge in [0.25, 0.3) is 0 Å². The van der Waals surface area contributed by atoms with Crippen LogP contribution in [0, 0.1) is 0 Å². The van der Waals surface area contributed by atoms with Gasteiger partial charge in [-0.05, 0) is 19.8 Å². The molecule has 12 heavy (non-hydrogen) atoms. The average Bonchev–Trinajstić information content (AvgIpc) is 2.32. The number of rotatable bonds is 0. The second-order valence-electron chi connectivity index (χ2n) is 3.51. The maximum absolute atomic E-state index is 11.5. The van der Waals surface area contributed by atoms with Crippen LogP contribution in [-0.4, -0.2) is 23.4 Å². The maximum atomic E-state index is 11.5. The molecule has 0 radical (unpaired) electrons. The van der Waals surface area contributed by atoms with Gasteiger partial charge in [-0.3, -0.25) is 9.05 Å². The van der Waals surface area contributed by atoms with Crippen LogP contribution >= 0.6 is 7.82 Å². The fourth-order valence-electron chi connectivity index (χ4n) is 2.01. The zero-order valence-electron chi connectivity index (χ0n) is 6.73. The van der Waals surface area contributed by atoms with E-state index in [9.17, 15) is 4.57 Å². The summed E-state index contributed by atoms with van der Waals surface area (Å²) >= 11 is 0. The van der Waals surface area contributed by atoms with Gasteiger partial charge < -0.3 is 0 Å². The van der Waals surface area contributed by atoms with Gasteiger partial charge in [0, 0.05) is 6.54 Å². The quantitative estimate of drug-likeness (QED) is 0.539. The molecule has 68 valence electrons. The van der Waals surface area contributed by atoms with Gasteiger partial charge >= 0.3 is 7.82 Å². The van der Waals surface area contributed by atoms with Crippen LogP contribution in [0.2, 0.25) is 0 Å². The molecule has 3 heterocycles. The molecule has 0 aromatic heterocycles. The van der Waals surface area contributed by atoms with Gasteiger partial charge in [-0.2, -0.15) is 4.62 Å². The third kappa shape index (κ3) is 0.714. The first-order chi connectivity index (χ1) is 5.62. The number of nitrogens with zero attached hydrogens (tertiary/aromatic N) is 1. The summed E-state index contributed by atoms with van der Waals surface area (Å²) in [6.07, 6.45) is 1.83. The molecule has 3 saturated heterocycles. The van der Waals surface area contributed by atoms with E-state index in [4.69, 9.17) is 13.7 Å². The summed E-state index contributed by atoms with van der Waals surface area (Å²) in [5, 5.41) is 1.66. The van der Waals surface area contributed by atoms with Crippen LogP contribution in [0.3, 0.4) is 0 Å². The van der Waals surface area contributed by atoms with E-state index in [-0.39, 0.29) is 6.10 Å². The third-order valence-corrected chi connectivity index (χ3v) is 4.17. The van der Waals surface area contributed by atoms with E-state index < -0.39 is 13.5 Å². The lowest BCUT2D eigenvalue weighted by atomic mass is 9.99. The average molecular weight is 191 g/mol. The molecule has 3 unspecified atom stereocenters. The minimum absolute atomic E-state index is 0.0779. The molecule has 0 aromatic rings. The summed E-state index contributed by atoms with van der Waals surface area (Å²) in [5.74, 6) is 0. The van der Waals surface area contributed by atoms with Crippen molar-refractivity contribution in [1.82, 2.24) is 5.06 Å². The second-order valence-corrected chi connectivity index (χ2v) is 4.96. The van der Waals surface area contributed by atoms with Crippen LogP contribution in [0.1, 0.15) is 19.8 Å². The highest BCUT2D eigenvalue weighted by Gasteiger charge is 2.66. The summed E-state index contributed by atoms with van der Waals surface area (Å²) in [5.41, 5.74) is -0.590. The molecule has 3 rings (SSSR count). The number of phosphoric ester groups is 1. The summed E-state index contributed by atoms with van der Waals surface area (Å²) in [6, 6.07) is 0. The first-order valence-electron chi connectivity index (χ1n) is 4.09. The SMILES string of the molecule is CC12OP3(=O)OC1CCCN2O3. The molecule has 6 heteroatoms. The van der Waals surface area contributed by atoms with Crippen molar-refractivity contribution in [2.45, 2.75) is 31.6 Å². The van der Waals surface area contributed by atoms with E-state index >= 15 is 0 Å². The minimum atomic E-state index is -3.19. The van der Waals surface area contributed by atoms with Crippen molar-refractivity contribution in [2.75, 3.05) is 6.54 Å². The predicted octanol–water partition coefficient (Wildman–Crippen LogP) is 1.27. The van der Waals surface area contributed by atoms with Crippen molar-refractivity contribution in [1.29, 1.82) is 0 Å². The standard InChI is InChI=1S/C6H10NO4P/c1-6-5-3-2-4-7(6)11-12(8,9-5)10-6/h5H,2-4H2,1H3. The number of hydrogen-bond donors (Lipinski definition) is 0. The minimum Gasteiger partial charge on any atom is -0.278 e. The zero-order valence-corrected chi connectivity index (χ0v) is 7.62. The van der Waals surface area contributed by atoms with E-state index in [1.165, 1.54) is 0 Å². The second kappa shape index (κ2) is 1.94. The normalized spacial score (nSPS) is 57.9. The highest BCUT2D eigenvalue weighted by atomic mass is 31.2. The smallest absolute Gasteiger partial charge is 0.278 e. The van der Waals surface area contributed by atoms with Gasteiger partial charge in [0.2, 0.25) is 0 Å². The number of piperidine rings is 1. The van der Waals surface area contributed by atoms with E-state index in [0.717, 1.165) is 19.4 Å². The third-order valence-electron chi connectivity index (χ3n) is 2.67. The Labute approximate surface area is 70.2 Å². The van der Waals surface area contributed by atoms with Crippen molar-refractivity contribution >= 4 is 7.82 Å². The van der Waals surface area contributed by atoms with Gasteiger partial charge in [0.15, 0.2) is 5.72 Å². The van der Waals surface area contributed by atoms with Crippen LogP contribution in [0.5, 0.6) is 0 Å². The van der Waals surface area contributed by atoms with E-state index in [2.05, 4.69) is 0 Å². The number of phosphoric acid groups is 1. The molecule has 0 saturated carbocycles. The highest BCUT2D eigenvalue weighted by molar-refractivity contribution is 7.49. The van der Waals surface area contributed by atoms with Crippen LogP contribution in [0.15, 0.2) is 0 Å². The predicted molar refractivity (Wildman–Crippen MR) is 39.0 cm³/mol. The Morgan fingerprint density at radius 2 is 2.50 bits per heavy atom. The molecular weight excluding hydrogens is 181 g/mol. The maximum Gasteiger partial charge on any atom is 0.494 e. The molecule has 5 nitrogen and oxygen atoms in total. The Morgan fingerprint density at radius 3 is 3.08 bits per heavy atom. The van der Waals surface area contributed by atoms with E-state index in [0.29, 0.717) is 0 Å².